The van der Waals surface area contributed by atoms with Crippen LogP contribution < -0.4 is 16.0 Å². The van der Waals surface area contributed by atoms with Crippen molar-refractivity contribution in [3.05, 3.63) is 35.9 Å². The van der Waals surface area contributed by atoms with Crippen LogP contribution in [-0.2, 0) is 39.9 Å². The van der Waals surface area contributed by atoms with Gasteiger partial charge in [-0.15, -0.1) is 0 Å². The second kappa shape index (κ2) is 22.1. The summed E-state index contributed by atoms with van der Waals surface area (Å²) in [6.07, 6.45) is 0.164. The van der Waals surface area contributed by atoms with Crippen LogP contribution in [0.5, 0.6) is 0 Å². The van der Waals surface area contributed by atoms with Crippen molar-refractivity contribution in [2.75, 3.05) is 19.8 Å². The first kappa shape index (κ1) is 44.1. The number of esters is 2. The summed E-state index contributed by atoms with van der Waals surface area (Å²) >= 11 is 16.9. The van der Waals surface area contributed by atoms with Gasteiger partial charge in [0.1, 0.15) is 31.0 Å². The number of aliphatic hydroxyl groups excluding tert-OH is 2. The van der Waals surface area contributed by atoms with Gasteiger partial charge in [0.05, 0.1) is 19.2 Å². The highest BCUT2D eigenvalue weighted by Gasteiger charge is 2.35. The number of carbonyl (C=O) groups is 5. The molecular formula is C34H50Cl3N3O11. The average Bonchev–Trinajstić information content (AvgIpc) is 3.06. The van der Waals surface area contributed by atoms with Crippen LogP contribution in [0, 0.1) is 5.92 Å². The number of ether oxygens (including phenoxy) is 4. The Kier molecular flexibility index (Phi) is 19.1. The minimum Gasteiger partial charge on any atom is -0.461 e. The normalized spacial score (nSPS) is 16.1. The lowest BCUT2D eigenvalue weighted by Gasteiger charge is -2.31. The number of hydrogen-bond donors (Lipinski definition) is 5. The van der Waals surface area contributed by atoms with Crippen LogP contribution >= 0.6 is 34.8 Å². The predicted octanol–water partition coefficient (Wildman–Crippen LogP) is 4.61. The van der Waals surface area contributed by atoms with Crippen LogP contribution in [0.25, 0.3) is 0 Å². The maximum absolute atomic E-state index is 13.4. The Hall–Kier alpha value is -3.04. The van der Waals surface area contributed by atoms with Crippen LogP contribution in [0.3, 0.4) is 0 Å². The third-order valence-corrected chi connectivity index (χ3v) is 8.05. The first-order valence-corrected chi connectivity index (χ1v) is 18.1. The molecule has 0 heterocycles. The fourth-order valence-electron chi connectivity index (χ4n) is 5.26. The van der Waals surface area contributed by atoms with Crippen molar-refractivity contribution < 1.29 is 53.1 Å². The zero-order chi connectivity index (χ0) is 38.0. The molecule has 5 N–H and O–H groups in total. The summed E-state index contributed by atoms with van der Waals surface area (Å²) < 4.78 is 19.1. The van der Waals surface area contributed by atoms with E-state index in [1.807, 2.05) is 30.3 Å². The molecule has 0 aromatic heterocycles. The van der Waals surface area contributed by atoms with Gasteiger partial charge in [0.15, 0.2) is 6.10 Å². The Balaban J connectivity index is 2.12. The van der Waals surface area contributed by atoms with E-state index >= 15 is 0 Å². The van der Waals surface area contributed by atoms with Gasteiger partial charge in [-0.1, -0.05) is 97.2 Å². The molecule has 1 fully saturated rings. The van der Waals surface area contributed by atoms with Gasteiger partial charge in [-0.2, -0.15) is 0 Å². The van der Waals surface area contributed by atoms with E-state index in [0.717, 1.165) is 37.7 Å². The highest BCUT2D eigenvalue weighted by atomic mass is 35.6. The maximum atomic E-state index is 13.4. The van der Waals surface area contributed by atoms with E-state index in [4.69, 9.17) is 53.8 Å². The number of rotatable bonds is 18. The third kappa shape index (κ3) is 19.4. The number of halogens is 3. The lowest BCUT2D eigenvalue weighted by atomic mass is 9.83. The molecule has 0 aliphatic heterocycles. The number of nitrogens with one attached hydrogen (secondary N) is 3. The van der Waals surface area contributed by atoms with Crippen molar-refractivity contribution >= 4 is 64.8 Å². The van der Waals surface area contributed by atoms with E-state index in [-0.39, 0.29) is 44.8 Å². The average molecular weight is 783 g/mol. The molecule has 4 atom stereocenters. The summed E-state index contributed by atoms with van der Waals surface area (Å²) in [5, 5.41) is 28.4. The highest BCUT2D eigenvalue weighted by Crippen LogP contribution is 2.29. The maximum Gasteiger partial charge on any atom is 0.408 e. The van der Waals surface area contributed by atoms with Gasteiger partial charge in [0, 0.05) is 6.42 Å². The molecule has 1 aliphatic carbocycles. The Morgan fingerprint density at radius 3 is 2.22 bits per heavy atom. The van der Waals surface area contributed by atoms with Gasteiger partial charge < -0.3 is 45.1 Å². The zero-order valence-electron chi connectivity index (χ0n) is 29.2. The van der Waals surface area contributed by atoms with E-state index in [1.54, 1.807) is 20.8 Å². The molecule has 1 aliphatic rings. The summed E-state index contributed by atoms with van der Waals surface area (Å²) in [6.45, 7) is 3.36. The largest absolute Gasteiger partial charge is 0.461 e. The molecule has 0 saturated heterocycles. The molecule has 1 unspecified atom stereocenters. The van der Waals surface area contributed by atoms with Gasteiger partial charge in [-0.25, -0.2) is 14.4 Å². The first-order chi connectivity index (χ1) is 24.0. The van der Waals surface area contributed by atoms with Crippen molar-refractivity contribution in [3.8, 4) is 0 Å². The second-order valence-corrected chi connectivity index (χ2v) is 15.9. The molecule has 0 spiro atoms. The number of alkyl carbamates (subject to hydrolysis) is 2. The fourth-order valence-corrected chi connectivity index (χ4v) is 5.42. The van der Waals surface area contributed by atoms with Crippen molar-refractivity contribution in [1.29, 1.82) is 0 Å². The number of benzene rings is 1. The third-order valence-electron chi connectivity index (χ3n) is 7.73. The molecular weight excluding hydrogens is 733 g/mol. The number of aliphatic hydroxyl groups is 2. The summed E-state index contributed by atoms with van der Waals surface area (Å²) in [4.78, 5) is 63.5. The minimum absolute atomic E-state index is 0.0330. The molecule has 51 heavy (non-hydrogen) atoms. The van der Waals surface area contributed by atoms with Gasteiger partial charge in [-0.05, 0) is 51.5 Å². The van der Waals surface area contributed by atoms with Gasteiger partial charge in [-0.3, -0.25) is 9.59 Å². The predicted molar refractivity (Wildman–Crippen MR) is 189 cm³/mol. The molecule has 0 bridgehead atoms. The van der Waals surface area contributed by atoms with Gasteiger partial charge in [0.2, 0.25) is 9.70 Å². The summed E-state index contributed by atoms with van der Waals surface area (Å²) in [7, 11) is 0. The van der Waals surface area contributed by atoms with Crippen LogP contribution in [0.15, 0.2) is 30.3 Å². The topological polar surface area (TPSA) is 199 Å². The van der Waals surface area contributed by atoms with Gasteiger partial charge >= 0.3 is 24.1 Å². The fraction of sp³-hybridized carbons (Fsp3) is 0.676. The SMILES string of the molecule is CC(C)(C)OC(=O)N[C@H](CO)C(=O)N[C@@H](CC1CCCCC1)[C@@H](O)C(=O)OC(CCCC(=O)OCc1ccccc1)CNC(=O)OCC(Cl)(Cl)Cl. The first-order valence-electron chi connectivity index (χ1n) is 16.9. The number of hydrogen-bond acceptors (Lipinski definition) is 11. The van der Waals surface area contributed by atoms with Crippen LogP contribution in [-0.4, -0.2) is 93.7 Å². The lowest BCUT2D eigenvalue weighted by molar-refractivity contribution is -0.161. The Morgan fingerprint density at radius 2 is 1.61 bits per heavy atom. The van der Waals surface area contributed by atoms with Crippen LogP contribution in [0.4, 0.5) is 9.59 Å². The molecule has 2 rings (SSSR count). The number of amides is 3. The number of carbonyl (C=O) groups excluding carboxylic acids is 5. The van der Waals surface area contributed by atoms with E-state index < -0.39 is 76.9 Å². The Bertz CT molecular complexity index is 1260. The molecule has 288 valence electrons. The molecule has 0 radical (unpaired) electrons. The molecule has 17 heteroatoms. The van der Waals surface area contributed by atoms with Crippen LogP contribution in [0.1, 0.15) is 84.1 Å². The zero-order valence-corrected chi connectivity index (χ0v) is 31.4. The smallest absolute Gasteiger partial charge is 0.408 e. The van der Waals surface area contributed by atoms with Crippen molar-refractivity contribution in [2.45, 2.75) is 119 Å². The Morgan fingerprint density at radius 1 is 0.941 bits per heavy atom. The molecule has 1 saturated carbocycles. The minimum atomic E-state index is -1.87. The van der Waals surface area contributed by atoms with E-state index in [0.29, 0.717) is 0 Å². The van der Waals surface area contributed by atoms with Crippen molar-refractivity contribution in [2.24, 2.45) is 5.92 Å². The molecule has 1 aromatic rings. The molecule has 14 nitrogen and oxygen atoms in total. The van der Waals surface area contributed by atoms with Gasteiger partial charge in [0.25, 0.3) is 0 Å². The summed E-state index contributed by atoms with van der Waals surface area (Å²) in [6, 6.07) is 6.51. The van der Waals surface area contributed by atoms with Crippen LogP contribution in [0.2, 0.25) is 0 Å². The van der Waals surface area contributed by atoms with E-state index in [1.165, 1.54) is 0 Å². The number of alkyl halides is 3. The quantitative estimate of drug-likeness (QED) is 0.0792. The standard InChI is InChI=1S/C34H50Cl3N3O11/c1-33(2,3)51-32(47)40-26(19-41)29(44)39-25(17-22-11-6-4-7-12-22)28(43)30(45)50-24(18-38-31(46)49-21-34(35,36)37)15-10-16-27(42)48-20-23-13-8-5-9-14-23/h5,8-9,13-14,22,24-26,28,41,43H,4,6-7,10-12,15-21H2,1-3H3,(H,38,46)(H,39,44)(H,40,47)/t24?,25-,26+,28+/m0/s1. The molecule has 3 amide bonds. The highest BCUT2D eigenvalue weighted by molar-refractivity contribution is 6.67. The lowest BCUT2D eigenvalue weighted by Crippen LogP contribution is -2.56. The van der Waals surface area contributed by atoms with E-state index in [2.05, 4.69) is 16.0 Å². The monoisotopic (exact) mass is 781 g/mol. The summed E-state index contributed by atoms with van der Waals surface area (Å²) in [5.74, 6) is -2.37. The second-order valence-electron chi connectivity index (χ2n) is 13.4. The van der Waals surface area contributed by atoms with Crippen molar-refractivity contribution in [3.63, 3.8) is 0 Å². The Labute approximate surface area is 313 Å². The van der Waals surface area contributed by atoms with Crippen molar-refractivity contribution in [1.82, 2.24) is 16.0 Å². The van der Waals surface area contributed by atoms with E-state index in [9.17, 15) is 34.2 Å². The molecule has 1 aromatic carbocycles. The summed E-state index contributed by atoms with van der Waals surface area (Å²) in [5.41, 5.74) is -0.0533.